The van der Waals surface area contributed by atoms with Crippen molar-refractivity contribution in [3.63, 3.8) is 0 Å². The molecule has 0 aliphatic heterocycles. The third kappa shape index (κ3) is 3.60. The van der Waals surface area contributed by atoms with Crippen LogP contribution in [0.2, 0.25) is 0 Å². The van der Waals surface area contributed by atoms with Crippen molar-refractivity contribution in [3.8, 4) is 0 Å². The lowest BCUT2D eigenvalue weighted by atomic mass is 9.89. The van der Waals surface area contributed by atoms with Crippen LogP contribution in [0.5, 0.6) is 0 Å². The molecule has 0 aliphatic carbocycles. The zero-order valence-corrected chi connectivity index (χ0v) is 12.1. The maximum atomic E-state index is 3.70. The number of hydrogen-bond donors (Lipinski definition) is 1. The van der Waals surface area contributed by atoms with Crippen molar-refractivity contribution in [2.45, 2.75) is 52.1 Å². The van der Waals surface area contributed by atoms with Crippen LogP contribution >= 0.6 is 15.9 Å². The molecule has 0 aliphatic rings. The van der Waals surface area contributed by atoms with Gasteiger partial charge in [-0.25, -0.2) is 0 Å². The van der Waals surface area contributed by atoms with Crippen LogP contribution in [0, 0.1) is 0 Å². The molecule has 1 nitrogen and oxygen atoms in total. The van der Waals surface area contributed by atoms with Crippen LogP contribution in [-0.4, -0.2) is 5.54 Å². The van der Waals surface area contributed by atoms with Crippen LogP contribution in [0.15, 0.2) is 28.7 Å². The predicted molar refractivity (Wildman–Crippen MR) is 74.6 cm³/mol. The molecule has 1 aromatic rings. The molecule has 0 spiro atoms. The van der Waals surface area contributed by atoms with Crippen LogP contribution in [-0.2, 0) is 6.54 Å². The smallest absolute Gasteiger partial charge is 0.0211 e. The fraction of sp³-hybridized carbons (Fsp3) is 0.571. The van der Waals surface area contributed by atoms with Crippen LogP contribution in [0.1, 0.15) is 45.6 Å². The van der Waals surface area contributed by atoms with E-state index < -0.39 is 0 Å². The Bertz CT molecular complexity index is 310. The minimum absolute atomic E-state index is 0.308. The van der Waals surface area contributed by atoms with Crippen molar-refractivity contribution >= 4 is 15.9 Å². The highest BCUT2D eigenvalue weighted by Crippen LogP contribution is 2.20. The van der Waals surface area contributed by atoms with Crippen molar-refractivity contribution in [3.05, 3.63) is 34.3 Å². The molecule has 1 rings (SSSR count). The summed E-state index contributed by atoms with van der Waals surface area (Å²) in [4.78, 5) is 0. The Morgan fingerprint density at radius 1 is 1.12 bits per heavy atom. The number of rotatable bonds is 6. The lowest BCUT2D eigenvalue weighted by Gasteiger charge is -2.32. The molecule has 16 heavy (non-hydrogen) atoms. The van der Waals surface area contributed by atoms with Crippen LogP contribution in [0.4, 0.5) is 0 Å². The van der Waals surface area contributed by atoms with E-state index in [1.807, 2.05) is 0 Å². The third-order valence-electron chi connectivity index (χ3n) is 3.59. The first kappa shape index (κ1) is 13.7. The van der Waals surface area contributed by atoms with Crippen LogP contribution in [0.3, 0.4) is 0 Å². The van der Waals surface area contributed by atoms with Crippen molar-refractivity contribution in [2.75, 3.05) is 0 Å². The van der Waals surface area contributed by atoms with E-state index in [9.17, 15) is 0 Å². The van der Waals surface area contributed by atoms with E-state index in [0.29, 0.717) is 5.54 Å². The minimum Gasteiger partial charge on any atom is -0.307 e. The molecule has 0 atom stereocenters. The summed E-state index contributed by atoms with van der Waals surface area (Å²) in [6.45, 7) is 7.75. The summed E-state index contributed by atoms with van der Waals surface area (Å²) in [5.74, 6) is 0. The first-order valence-electron chi connectivity index (χ1n) is 6.15. The first-order chi connectivity index (χ1) is 7.65. The summed E-state index contributed by atoms with van der Waals surface area (Å²) < 4.78 is 1.15. The van der Waals surface area contributed by atoms with E-state index in [1.54, 1.807) is 0 Å². The molecule has 0 aromatic heterocycles. The molecule has 0 unspecified atom stereocenters. The number of nitrogens with one attached hydrogen (secondary N) is 1. The molecule has 1 aromatic carbocycles. The summed E-state index contributed by atoms with van der Waals surface area (Å²) in [7, 11) is 0. The molecule has 0 saturated heterocycles. The SMILES string of the molecule is CCC(CC)(CC)NCc1cccc(Br)c1. The van der Waals surface area contributed by atoms with Crippen molar-refractivity contribution in [1.82, 2.24) is 5.32 Å². The van der Waals surface area contributed by atoms with Gasteiger partial charge < -0.3 is 5.32 Å². The van der Waals surface area contributed by atoms with Gasteiger partial charge in [-0.3, -0.25) is 0 Å². The fourth-order valence-electron chi connectivity index (χ4n) is 2.06. The molecule has 2 heteroatoms. The topological polar surface area (TPSA) is 12.0 Å². The molecule has 90 valence electrons. The van der Waals surface area contributed by atoms with Gasteiger partial charge in [-0.1, -0.05) is 48.8 Å². The standard InChI is InChI=1S/C14H22BrN/c1-4-14(5-2,6-3)16-11-12-8-7-9-13(15)10-12/h7-10,16H,4-6,11H2,1-3H3. The molecule has 0 saturated carbocycles. The van der Waals surface area contributed by atoms with Gasteiger partial charge >= 0.3 is 0 Å². The Morgan fingerprint density at radius 3 is 2.25 bits per heavy atom. The van der Waals surface area contributed by atoms with Gasteiger partial charge in [0.1, 0.15) is 0 Å². The van der Waals surface area contributed by atoms with Gasteiger partial charge in [0.05, 0.1) is 0 Å². The van der Waals surface area contributed by atoms with E-state index in [2.05, 4.69) is 66.3 Å². The molecular weight excluding hydrogens is 262 g/mol. The van der Waals surface area contributed by atoms with Gasteiger partial charge in [-0.15, -0.1) is 0 Å². The number of hydrogen-bond acceptors (Lipinski definition) is 1. The van der Waals surface area contributed by atoms with Gasteiger partial charge in [-0.05, 0) is 37.0 Å². The van der Waals surface area contributed by atoms with E-state index in [4.69, 9.17) is 0 Å². The lowest BCUT2D eigenvalue weighted by Crippen LogP contribution is -2.43. The summed E-state index contributed by atoms with van der Waals surface area (Å²) in [6.07, 6.45) is 3.57. The lowest BCUT2D eigenvalue weighted by molar-refractivity contribution is 0.288. The average molecular weight is 284 g/mol. The fourth-order valence-corrected chi connectivity index (χ4v) is 2.51. The monoisotopic (exact) mass is 283 g/mol. The molecule has 0 amide bonds. The van der Waals surface area contributed by atoms with Crippen molar-refractivity contribution in [1.29, 1.82) is 0 Å². The molecule has 0 heterocycles. The first-order valence-corrected chi connectivity index (χ1v) is 6.94. The second kappa shape index (κ2) is 6.41. The van der Waals surface area contributed by atoms with Gasteiger partial charge in [0, 0.05) is 16.6 Å². The third-order valence-corrected chi connectivity index (χ3v) is 4.08. The van der Waals surface area contributed by atoms with Gasteiger partial charge in [0.25, 0.3) is 0 Å². The average Bonchev–Trinajstić information content (AvgIpc) is 2.32. The van der Waals surface area contributed by atoms with E-state index in [0.717, 1.165) is 11.0 Å². The molecule has 1 N–H and O–H groups in total. The zero-order chi connectivity index (χ0) is 12.0. The molecule has 0 radical (unpaired) electrons. The number of benzene rings is 1. The Kier molecular flexibility index (Phi) is 5.50. The number of halogens is 1. The van der Waals surface area contributed by atoms with Crippen LogP contribution < -0.4 is 5.32 Å². The molecular formula is C14H22BrN. The van der Waals surface area contributed by atoms with Crippen molar-refractivity contribution < 1.29 is 0 Å². The van der Waals surface area contributed by atoms with E-state index in [1.165, 1.54) is 24.8 Å². The molecule has 0 fully saturated rings. The quantitative estimate of drug-likeness (QED) is 0.810. The Balaban J connectivity index is 2.62. The summed E-state index contributed by atoms with van der Waals surface area (Å²) in [5.41, 5.74) is 1.65. The highest BCUT2D eigenvalue weighted by atomic mass is 79.9. The summed E-state index contributed by atoms with van der Waals surface area (Å²) in [5, 5.41) is 3.70. The zero-order valence-electron chi connectivity index (χ0n) is 10.5. The normalized spacial score (nSPS) is 11.8. The van der Waals surface area contributed by atoms with Crippen molar-refractivity contribution in [2.24, 2.45) is 0 Å². The molecule has 0 bridgehead atoms. The highest BCUT2D eigenvalue weighted by molar-refractivity contribution is 9.10. The maximum absolute atomic E-state index is 3.70. The maximum Gasteiger partial charge on any atom is 0.0211 e. The van der Waals surface area contributed by atoms with E-state index >= 15 is 0 Å². The second-order valence-corrected chi connectivity index (χ2v) is 5.24. The summed E-state index contributed by atoms with van der Waals surface area (Å²) >= 11 is 3.51. The van der Waals surface area contributed by atoms with Gasteiger partial charge in [-0.2, -0.15) is 0 Å². The van der Waals surface area contributed by atoms with Gasteiger partial charge in [0.2, 0.25) is 0 Å². The largest absolute Gasteiger partial charge is 0.307 e. The highest BCUT2D eigenvalue weighted by Gasteiger charge is 2.22. The predicted octanol–water partition coefficient (Wildman–Crippen LogP) is 4.51. The Labute approximate surface area is 108 Å². The second-order valence-electron chi connectivity index (χ2n) is 4.32. The van der Waals surface area contributed by atoms with Crippen LogP contribution in [0.25, 0.3) is 0 Å². The van der Waals surface area contributed by atoms with E-state index in [-0.39, 0.29) is 0 Å². The summed E-state index contributed by atoms with van der Waals surface area (Å²) in [6, 6.07) is 8.51. The minimum atomic E-state index is 0.308. The van der Waals surface area contributed by atoms with Gasteiger partial charge in [0.15, 0.2) is 0 Å². The Morgan fingerprint density at radius 2 is 1.75 bits per heavy atom. The Hall–Kier alpha value is -0.340.